The Morgan fingerprint density at radius 3 is 2.00 bits per heavy atom. The van der Waals surface area contributed by atoms with Gasteiger partial charge in [-0.1, -0.05) is 56.9 Å². The van der Waals surface area contributed by atoms with Crippen LogP contribution in [0.2, 0.25) is 0 Å². The van der Waals surface area contributed by atoms with E-state index in [9.17, 15) is 19.7 Å². The standard InChI is InChI=1S/C27H27NO5S/c1-2-3-4-5-6-7-26(29)33-24-16-12-21(13-17-24)20-8-10-22(11-9-20)27(30)34-25-18-14-23(15-19-25)28(31)32/h8-19H,2-7H2,1H3. The highest BCUT2D eigenvalue weighted by molar-refractivity contribution is 8.14. The minimum Gasteiger partial charge on any atom is -0.427 e. The number of carbonyl (C=O) groups is 2. The number of nitro groups is 1. The van der Waals surface area contributed by atoms with E-state index in [2.05, 4.69) is 6.92 Å². The highest BCUT2D eigenvalue weighted by atomic mass is 32.2. The van der Waals surface area contributed by atoms with E-state index >= 15 is 0 Å². The maximum atomic E-state index is 12.5. The molecule has 3 rings (SSSR count). The van der Waals surface area contributed by atoms with E-state index in [4.69, 9.17) is 4.74 Å². The number of esters is 1. The van der Waals surface area contributed by atoms with Gasteiger partial charge in [0, 0.05) is 29.0 Å². The third-order valence-electron chi connectivity index (χ3n) is 5.28. The van der Waals surface area contributed by atoms with Crippen LogP contribution in [0.5, 0.6) is 5.75 Å². The number of benzene rings is 3. The molecule has 0 unspecified atom stereocenters. The second-order valence-electron chi connectivity index (χ2n) is 7.88. The monoisotopic (exact) mass is 477 g/mol. The molecule has 0 bridgehead atoms. The summed E-state index contributed by atoms with van der Waals surface area (Å²) in [4.78, 5) is 35.4. The summed E-state index contributed by atoms with van der Waals surface area (Å²) >= 11 is 1.03. The molecule has 0 atom stereocenters. The number of nitrogens with zero attached hydrogens (tertiary/aromatic N) is 1. The van der Waals surface area contributed by atoms with Crippen LogP contribution in [0.25, 0.3) is 11.1 Å². The van der Waals surface area contributed by atoms with Gasteiger partial charge in [0.2, 0.25) is 5.12 Å². The van der Waals surface area contributed by atoms with Gasteiger partial charge >= 0.3 is 5.97 Å². The van der Waals surface area contributed by atoms with Crippen LogP contribution >= 0.6 is 11.8 Å². The molecule has 0 N–H and O–H groups in total. The van der Waals surface area contributed by atoms with Crippen molar-refractivity contribution in [1.82, 2.24) is 0 Å². The Hall–Kier alpha value is -3.45. The normalized spacial score (nSPS) is 10.6. The van der Waals surface area contributed by atoms with Gasteiger partial charge in [0.15, 0.2) is 0 Å². The summed E-state index contributed by atoms with van der Waals surface area (Å²) in [6.07, 6.45) is 5.86. The van der Waals surface area contributed by atoms with E-state index in [0.29, 0.717) is 22.6 Å². The molecule has 7 heteroatoms. The molecular formula is C27H27NO5S. The Kier molecular flexibility index (Phi) is 9.40. The molecule has 0 saturated carbocycles. The first kappa shape index (κ1) is 25.2. The average molecular weight is 478 g/mol. The highest BCUT2D eigenvalue weighted by Crippen LogP contribution is 2.27. The predicted molar refractivity (Wildman–Crippen MR) is 134 cm³/mol. The summed E-state index contributed by atoms with van der Waals surface area (Å²) in [6, 6.07) is 20.4. The molecule has 0 spiro atoms. The molecule has 0 radical (unpaired) electrons. The van der Waals surface area contributed by atoms with Crippen LogP contribution in [0.1, 0.15) is 55.8 Å². The van der Waals surface area contributed by atoms with Crippen molar-refractivity contribution < 1.29 is 19.2 Å². The molecule has 0 aromatic heterocycles. The third-order valence-corrected chi connectivity index (χ3v) is 6.21. The summed E-state index contributed by atoms with van der Waals surface area (Å²) < 4.78 is 5.42. The summed E-state index contributed by atoms with van der Waals surface area (Å²) in [5.41, 5.74) is 2.41. The fourth-order valence-electron chi connectivity index (χ4n) is 3.37. The number of thioether (sulfide) groups is 1. The first-order valence-corrected chi connectivity index (χ1v) is 12.2. The minimum atomic E-state index is -0.471. The van der Waals surface area contributed by atoms with E-state index in [1.165, 1.54) is 25.0 Å². The Bertz CT molecular complexity index is 1110. The molecule has 176 valence electrons. The van der Waals surface area contributed by atoms with Gasteiger partial charge in [-0.25, -0.2) is 0 Å². The van der Waals surface area contributed by atoms with Crippen LogP contribution in [0.3, 0.4) is 0 Å². The molecular weight excluding hydrogens is 450 g/mol. The SMILES string of the molecule is CCCCCCCC(=O)Oc1ccc(-c2ccc(C(=O)Sc3ccc([N+](=O)[O-])cc3)cc2)cc1. The highest BCUT2D eigenvalue weighted by Gasteiger charge is 2.11. The van der Waals surface area contributed by atoms with Crippen LogP contribution < -0.4 is 4.74 Å². The van der Waals surface area contributed by atoms with Crippen LogP contribution in [0.4, 0.5) is 5.69 Å². The molecule has 0 heterocycles. The molecule has 0 aliphatic heterocycles. The lowest BCUT2D eigenvalue weighted by Crippen LogP contribution is -2.07. The van der Waals surface area contributed by atoms with Crippen molar-refractivity contribution in [2.75, 3.05) is 0 Å². The fourth-order valence-corrected chi connectivity index (χ4v) is 4.11. The Morgan fingerprint density at radius 2 is 1.41 bits per heavy atom. The van der Waals surface area contributed by atoms with Gasteiger partial charge in [-0.3, -0.25) is 19.7 Å². The molecule has 3 aromatic carbocycles. The summed E-state index contributed by atoms with van der Waals surface area (Å²) in [7, 11) is 0. The number of rotatable bonds is 11. The van der Waals surface area contributed by atoms with Gasteiger partial charge in [0.1, 0.15) is 5.75 Å². The minimum absolute atomic E-state index is 0.00987. The van der Waals surface area contributed by atoms with Crippen molar-refractivity contribution in [1.29, 1.82) is 0 Å². The molecule has 34 heavy (non-hydrogen) atoms. The van der Waals surface area contributed by atoms with Gasteiger partial charge in [0.05, 0.1) is 4.92 Å². The number of hydrogen-bond donors (Lipinski definition) is 0. The summed E-state index contributed by atoms with van der Waals surface area (Å²) in [6.45, 7) is 2.16. The van der Waals surface area contributed by atoms with E-state index in [1.807, 2.05) is 24.3 Å². The molecule has 6 nitrogen and oxygen atoms in total. The molecule has 0 aliphatic carbocycles. The second-order valence-corrected chi connectivity index (χ2v) is 8.93. The Morgan fingerprint density at radius 1 is 0.824 bits per heavy atom. The maximum absolute atomic E-state index is 12.5. The molecule has 0 saturated heterocycles. The molecule has 0 aliphatic rings. The number of unbranched alkanes of at least 4 members (excludes halogenated alkanes) is 4. The fraction of sp³-hybridized carbons (Fsp3) is 0.259. The predicted octanol–water partition coefficient (Wildman–Crippen LogP) is 7.46. The second kappa shape index (κ2) is 12.7. The van der Waals surface area contributed by atoms with Gasteiger partial charge in [0.25, 0.3) is 5.69 Å². The van der Waals surface area contributed by atoms with Gasteiger partial charge in [-0.05, 0) is 65.7 Å². The first-order valence-electron chi connectivity index (χ1n) is 11.3. The van der Waals surface area contributed by atoms with E-state index in [0.717, 1.165) is 42.2 Å². The Balaban J connectivity index is 1.53. The van der Waals surface area contributed by atoms with Crippen molar-refractivity contribution in [3.63, 3.8) is 0 Å². The lowest BCUT2D eigenvalue weighted by Gasteiger charge is -2.07. The van der Waals surface area contributed by atoms with Crippen LogP contribution in [-0.2, 0) is 4.79 Å². The molecule has 0 fully saturated rings. The zero-order valence-electron chi connectivity index (χ0n) is 19.1. The quantitative estimate of drug-likeness (QED) is 0.0711. The van der Waals surface area contributed by atoms with E-state index in [-0.39, 0.29) is 16.8 Å². The largest absolute Gasteiger partial charge is 0.427 e. The number of carbonyl (C=O) groups excluding carboxylic acids is 2. The maximum Gasteiger partial charge on any atom is 0.311 e. The number of ether oxygens (including phenoxy) is 1. The lowest BCUT2D eigenvalue weighted by molar-refractivity contribution is -0.384. The van der Waals surface area contributed by atoms with Crippen molar-refractivity contribution in [2.45, 2.75) is 50.3 Å². The molecule has 3 aromatic rings. The van der Waals surface area contributed by atoms with Crippen LogP contribution in [-0.4, -0.2) is 16.0 Å². The van der Waals surface area contributed by atoms with Crippen molar-refractivity contribution >= 4 is 28.5 Å². The Labute approximate surface area is 203 Å². The molecule has 0 amide bonds. The average Bonchev–Trinajstić information content (AvgIpc) is 2.85. The summed E-state index contributed by atoms with van der Waals surface area (Å²) in [5.74, 6) is 0.311. The number of hydrogen-bond acceptors (Lipinski definition) is 6. The van der Waals surface area contributed by atoms with E-state index in [1.54, 1.807) is 36.4 Å². The lowest BCUT2D eigenvalue weighted by atomic mass is 10.0. The van der Waals surface area contributed by atoms with Gasteiger partial charge < -0.3 is 4.74 Å². The van der Waals surface area contributed by atoms with Crippen LogP contribution in [0.15, 0.2) is 77.7 Å². The van der Waals surface area contributed by atoms with Gasteiger partial charge in [-0.2, -0.15) is 0 Å². The van der Waals surface area contributed by atoms with Crippen LogP contribution in [0, 0.1) is 10.1 Å². The number of non-ortho nitro benzene ring substituents is 1. The summed E-state index contributed by atoms with van der Waals surface area (Å²) in [5, 5.41) is 10.6. The first-order chi connectivity index (χ1) is 16.5. The van der Waals surface area contributed by atoms with Crippen molar-refractivity contribution in [3.8, 4) is 16.9 Å². The third kappa shape index (κ3) is 7.56. The zero-order chi connectivity index (χ0) is 24.3. The van der Waals surface area contributed by atoms with Gasteiger partial charge in [-0.15, -0.1) is 0 Å². The zero-order valence-corrected chi connectivity index (χ0v) is 19.9. The van der Waals surface area contributed by atoms with Crippen molar-refractivity contribution in [3.05, 3.63) is 88.5 Å². The van der Waals surface area contributed by atoms with E-state index < -0.39 is 4.92 Å². The van der Waals surface area contributed by atoms with Crippen molar-refractivity contribution in [2.24, 2.45) is 0 Å². The smallest absolute Gasteiger partial charge is 0.311 e. The number of nitro benzene ring substituents is 1. The topological polar surface area (TPSA) is 86.5 Å².